The Hall–Kier alpha value is -0.280. The molecule has 0 saturated carbocycles. The van der Waals surface area contributed by atoms with Crippen molar-refractivity contribution in [3.8, 4) is 0 Å². The largest absolute Gasteiger partial charge is 0.204 e. The topological polar surface area (TPSA) is 14.1 Å². The fraction of sp³-hybridized carbons (Fsp3) is 0.143. The van der Waals surface area contributed by atoms with E-state index in [9.17, 15) is 0 Å². The lowest BCUT2D eigenvalue weighted by Gasteiger charge is -1.94. The minimum absolute atomic E-state index is 1.13. The molecular formula is C7H6NS2. The Morgan fingerprint density at radius 1 is 1.40 bits per heavy atom. The van der Waals surface area contributed by atoms with Gasteiger partial charge in [0.15, 0.2) is 0 Å². The molecule has 1 heterocycles. The Bertz CT molecular complexity index is 260. The fourth-order valence-electron chi connectivity index (χ4n) is 0.862. The van der Waals surface area contributed by atoms with Gasteiger partial charge in [0, 0.05) is 15.9 Å². The molecule has 10 heavy (non-hydrogen) atoms. The highest BCUT2D eigenvalue weighted by Crippen LogP contribution is 2.44. The van der Waals surface area contributed by atoms with E-state index in [2.05, 4.69) is 29.8 Å². The fourth-order valence-corrected chi connectivity index (χ4v) is 2.70. The molecule has 0 bridgehead atoms. The normalized spacial score (nSPS) is 14.5. The van der Waals surface area contributed by atoms with Crippen LogP contribution < -0.4 is 4.72 Å². The molecule has 1 aromatic rings. The summed E-state index contributed by atoms with van der Waals surface area (Å²) in [6.07, 6.45) is 0. The molecule has 0 N–H and O–H groups in total. The first kappa shape index (κ1) is 6.43. The predicted octanol–water partition coefficient (Wildman–Crippen LogP) is 2.90. The number of fused-ring (bicyclic) bond motifs is 1. The van der Waals surface area contributed by atoms with Gasteiger partial charge >= 0.3 is 0 Å². The minimum atomic E-state index is 1.13. The van der Waals surface area contributed by atoms with Gasteiger partial charge in [-0.1, -0.05) is 6.07 Å². The molecule has 0 aromatic heterocycles. The molecule has 1 radical (unpaired) electrons. The van der Waals surface area contributed by atoms with E-state index in [-0.39, 0.29) is 0 Å². The predicted molar refractivity (Wildman–Crippen MR) is 46.4 cm³/mol. The van der Waals surface area contributed by atoms with Gasteiger partial charge in [0.1, 0.15) is 0 Å². The lowest BCUT2D eigenvalue weighted by atomic mass is 10.2. The smallest absolute Gasteiger partial charge is 0.0868 e. The molecule has 51 valence electrons. The van der Waals surface area contributed by atoms with Crippen molar-refractivity contribution >= 4 is 27.5 Å². The summed E-state index contributed by atoms with van der Waals surface area (Å²) in [6, 6.07) is 6.33. The zero-order valence-electron chi connectivity index (χ0n) is 5.50. The van der Waals surface area contributed by atoms with E-state index in [0.717, 1.165) is 5.69 Å². The molecule has 0 spiro atoms. The number of hydrogen-bond acceptors (Lipinski definition) is 2. The molecule has 1 nitrogen and oxygen atoms in total. The number of hydrogen-bond donors (Lipinski definition) is 0. The van der Waals surface area contributed by atoms with Crippen LogP contribution in [0.3, 0.4) is 0 Å². The second-order valence-electron chi connectivity index (χ2n) is 2.22. The number of aryl methyl sites for hydroxylation is 1. The SMILES string of the molecule is Cc1ccc2c(c1)SS[N]2. The molecule has 3 heteroatoms. The number of nitrogens with zero attached hydrogens (tertiary/aromatic N) is 1. The van der Waals surface area contributed by atoms with Crippen molar-refractivity contribution in [2.45, 2.75) is 11.8 Å². The third kappa shape index (κ3) is 0.995. The molecule has 2 rings (SSSR count). The summed E-state index contributed by atoms with van der Waals surface area (Å²) in [7, 11) is 3.29. The van der Waals surface area contributed by atoms with Gasteiger partial charge in [0.05, 0.1) is 5.69 Å². The first-order valence-electron chi connectivity index (χ1n) is 3.02. The van der Waals surface area contributed by atoms with Gasteiger partial charge < -0.3 is 0 Å². The van der Waals surface area contributed by atoms with Crippen molar-refractivity contribution in [3.63, 3.8) is 0 Å². The molecule has 0 saturated heterocycles. The maximum Gasteiger partial charge on any atom is 0.0868 e. The average molecular weight is 168 g/mol. The zero-order chi connectivity index (χ0) is 6.97. The van der Waals surface area contributed by atoms with Crippen LogP contribution in [0.2, 0.25) is 0 Å². The van der Waals surface area contributed by atoms with Crippen LogP contribution >= 0.6 is 21.8 Å². The van der Waals surface area contributed by atoms with E-state index < -0.39 is 0 Å². The Morgan fingerprint density at radius 3 is 3.20 bits per heavy atom. The monoisotopic (exact) mass is 168 g/mol. The van der Waals surface area contributed by atoms with Gasteiger partial charge in [-0.05, 0) is 35.4 Å². The van der Waals surface area contributed by atoms with Crippen LogP contribution in [0.4, 0.5) is 5.69 Å². The van der Waals surface area contributed by atoms with Crippen LogP contribution in [0.1, 0.15) is 5.56 Å². The highest BCUT2D eigenvalue weighted by atomic mass is 33.1. The van der Waals surface area contributed by atoms with E-state index in [0.29, 0.717) is 0 Å². The van der Waals surface area contributed by atoms with Crippen LogP contribution in [-0.4, -0.2) is 0 Å². The van der Waals surface area contributed by atoms with Crippen molar-refractivity contribution in [1.82, 2.24) is 4.72 Å². The third-order valence-electron chi connectivity index (χ3n) is 1.38. The molecule has 0 fully saturated rings. The summed E-state index contributed by atoms with van der Waals surface area (Å²) < 4.78 is 4.22. The molecule has 0 atom stereocenters. The highest BCUT2D eigenvalue weighted by molar-refractivity contribution is 8.76. The van der Waals surface area contributed by atoms with Gasteiger partial charge in [-0.3, -0.25) is 0 Å². The van der Waals surface area contributed by atoms with Gasteiger partial charge in [-0.15, -0.1) is 0 Å². The molecule has 1 aliphatic heterocycles. The van der Waals surface area contributed by atoms with Crippen LogP contribution in [0, 0.1) is 6.92 Å². The Morgan fingerprint density at radius 2 is 2.30 bits per heavy atom. The summed E-state index contributed by atoms with van der Waals surface area (Å²) in [5.74, 6) is 0. The molecule has 1 aromatic carbocycles. The van der Waals surface area contributed by atoms with Crippen LogP contribution in [0.5, 0.6) is 0 Å². The molecular weight excluding hydrogens is 162 g/mol. The van der Waals surface area contributed by atoms with Gasteiger partial charge in [-0.2, -0.15) is 0 Å². The average Bonchev–Trinajstić information content (AvgIpc) is 2.33. The maximum atomic E-state index is 4.22. The van der Waals surface area contributed by atoms with Crippen molar-refractivity contribution < 1.29 is 0 Å². The minimum Gasteiger partial charge on any atom is -0.204 e. The van der Waals surface area contributed by atoms with E-state index in [4.69, 9.17) is 0 Å². The van der Waals surface area contributed by atoms with Crippen molar-refractivity contribution in [3.05, 3.63) is 23.8 Å². The van der Waals surface area contributed by atoms with Crippen LogP contribution in [0.25, 0.3) is 0 Å². The summed E-state index contributed by atoms with van der Waals surface area (Å²) >= 11 is 0. The quantitative estimate of drug-likeness (QED) is 0.437. The van der Waals surface area contributed by atoms with Crippen molar-refractivity contribution in [2.24, 2.45) is 0 Å². The van der Waals surface area contributed by atoms with Crippen LogP contribution in [-0.2, 0) is 0 Å². The van der Waals surface area contributed by atoms with Crippen LogP contribution in [0.15, 0.2) is 23.1 Å². The molecule has 1 aliphatic rings. The van der Waals surface area contributed by atoms with Gasteiger partial charge in [-0.25, -0.2) is 4.72 Å². The Balaban J connectivity index is 2.52. The number of benzene rings is 1. The van der Waals surface area contributed by atoms with Crippen molar-refractivity contribution in [1.29, 1.82) is 0 Å². The third-order valence-corrected chi connectivity index (χ3v) is 3.22. The van der Waals surface area contributed by atoms with E-state index in [1.807, 2.05) is 0 Å². The second kappa shape index (κ2) is 2.40. The first-order chi connectivity index (χ1) is 4.86. The molecule has 0 aliphatic carbocycles. The Kier molecular flexibility index (Phi) is 1.54. The standard InChI is InChI=1S/C7H6NS2/c1-5-2-3-6-7(4-5)9-10-8-6/h2-4H,1H3. The summed E-state index contributed by atoms with van der Waals surface area (Å²) in [6.45, 7) is 2.10. The van der Waals surface area contributed by atoms with E-state index in [1.165, 1.54) is 10.5 Å². The maximum absolute atomic E-state index is 4.22. The first-order valence-corrected chi connectivity index (χ1v) is 5.12. The summed E-state index contributed by atoms with van der Waals surface area (Å²) in [5, 5.41) is 0. The zero-order valence-corrected chi connectivity index (χ0v) is 7.13. The van der Waals surface area contributed by atoms with E-state index >= 15 is 0 Å². The molecule has 0 amide bonds. The van der Waals surface area contributed by atoms with E-state index in [1.54, 1.807) is 21.8 Å². The lowest BCUT2D eigenvalue weighted by Crippen LogP contribution is -1.77. The molecule has 0 unspecified atom stereocenters. The lowest BCUT2D eigenvalue weighted by molar-refractivity contribution is 1.28. The van der Waals surface area contributed by atoms with Gasteiger partial charge in [0.2, 0.25) is 0 Å². The second-order valence-corrected chi connectivity index (χ2v) is 4.11. The number of rotatable bonds is 0. The highest BCUT2D eigenvalue weighted by Gasteiger charge is 2.12. The Labute approximate surface area is 68.1 Å². The van der Waals surface area contributed by atoms with Gasteiger partial charge in [0.25, 0.3) is 0 Å². The van der Waals surface area contributed by atoms with Crippen molar-refractivity contribution in [2.75, 3.05) is 0 Å². The summed E-state index contributed by atoms with van der Waals surface area (Å²) in [4.78, 5) is 1.30. The summed E-state index contributed by atoms with van der Waals surface area (Å²) in [5.41, 5.74) is 2.43.